The number of benzene rings is 1. The van der Waals surface area contributed by atoms with Crippen LogP contribution in [0.2, 0.25) is 0 Å². The standard InChI is InChI=1S/C19H30N4O3/c1-25-17-4-3-15(13-18(17)26-2)5-8-21-19(24)23-11-9-22(10-12-23)16-6-7-20-14-16/h3-4,13,16,20H,5-12,14H2,1-2H3,(H,21,24). The Balaban J connectivity index is 1.40. The first kappa shape index (κ1) is 18.8. The Kier molecular flexibility index (Phi) is 6.57. The van der Waals surface area contributed by atoms with Crippen LogP contribution < -0.4 is 20.1 Å². The number of nitrogens with zero attached hydrogens (tertiary/aromatic N) is 2. The lowest BCUT2D eigenvalue weighted by atomic mass is 10.1. The maximum absolute atomic E-state index is 12.4. The molecule has 7 nitrogen and oxygen atoms in total. The summed E-state index contributed by atoms with van der Waals surface area (Å²) in [5.41, 5.74) is 1.11. The van der Waals surface area contributed by atoms with E-state index in [1.54, 1.807) is 14.2 Å². The average Bonchev–Trinajstić information content (AvgIpc) is 3.22. The molecule has 1 unspecified atom stereocenters. The molecule has 0 spiro atoms. The average molecular weight is 362 g/mol. The number of piperazine rings is 1. The molecule has 1 aromatic rings. The molecule has 2 heterocycles. The Morgan fingerprint density at radius 1 is 1.19 bits per heavy atom. The molecule has 0 bridgehead atoms. The summed E-state index contributed by atoms with van der Waals surface area (Å²) in [6.45, 7) is 6.35. The van der Waals surface area contributed by atoms with Crippen LogP contribution in [0.5, 0.6) is 11.5 Å². The van der Waals surface area contributed by atoms with Crippen molar-refractivity contribution in [2.24, 2.45) is 0 Å². The summed E-state index contributed by atoms with van der Waals surface area (Å²) in [7, 11) is 3.26. The largest absolute Gasteiger partial charge is 0.493 e. The first-order valence-electron chi connectivity index (χ1n) is 9.39. The van der Waals surface area contributed by atoms with Crippen LogP contribution in [0.15, 0.2) is 18.2 Å². The molecular weight excluding hydrogens is 332 g/mol. The summed E-state index contributed by atoms with van der Waals surface area (Å²) in [6, 6.07) is 6.54. The molecule has 2 aliphatic rings. The number of nitrogens with one attached hydrogen (secondary N) is 2. The lowest BCUT2D eigenvalue weighted by Crippen LogP contribution is -2.54. The maximum Gasteiger partial charge on any atom is 0.317 e. The van der Waals surface area contributed by atoms with E-state index in [0.29, 0.717) is 18.3 Å². The summed E-state index contributed by atoms with van der Waals surface area (Å²) < 4.78 is 10.6. The van der Waals surface area contributed by atoms with E-state index in [1.165, 1.54) is 6.42 Å². The van der Waals surface area contributed by atoms with E-state index in [-0.39, 0.29) is 6.03 Å². The zero-order chi connectivity index (χ0) is 18.4. The van der Waals surface area contributed by atoms with Gasteiger partial charge in [-0.25, -0.2) is 4.79 Å². The number of hydrogen-bond donors (Lipinski definition) is 2. The van der Waals surface area contributed by atoms with Crippen molar-refractivity contribution >= 4 is 6.03 Å². The quantitative estimate of drug-likeness (QED) is 0.788. The van der Waals surface area contributed by atoms with Gasteiger partial charge in [0.2, 0.25) is 0 Å². The molecule has 2 amide bonds. The zero-order valence-corrected chi connectivity index (χ0v) is 15.8. The van der Waals surface area contributed by atoms with E-state index in [4.69, 9.17) is 9.47 Å². The molecule has 144 valence electrons. The second-order valence-electron chi connectivity index (χ2n) is 6.84. The highest BCUT2D eigenvalue weighted by molar-refractivity contribution is 5.74. The predicted molar refractivity (Wildman–Crippen MR) is 101 cm³/mol. The van der Waals surface area contributed by atoms with Crippen molar-refractivity contribution in [3.05, 3.63) is 23.8 Å². The fourth-order valence-corrected chi connectivity index (χ4v) is 3.70. The molecule has 0 aromatic heterocycles. The number of amides is 2. The van der Waals surface area contributed by atoms with Crippen LogP contribution in [-0.4, -0.2) is 81.9 Å². The van der Waals surface area contributed by atoms with Gasteiger partial charge in [-0.3, -0.25) is 4.90 Å². The van der Waals surface area contributed by atoms with E-state index < -0.39 is 0 Å². The van der Waals surface area contributed by atoms with Gasteiger partial charge in [-0.15, -0.1) is 0 Å². The second kappa shape index (κ2) is 9.09. The fraction of sp³-hybridized carbons (Fsp3) is 0.632. The number of methoxy groups -OCH3 is 2. The van der Waals surface area contributed by atoms with Gasteiger partial charge in [0.15, 0.2) is 11.5 Å². The molecule has 2 fully saturated rings. The van der Waals surface area contributed by atoms with Gasteiger partial charge in [0.25, 0.3) is 0 Å². The van der Waals surface area contributed by atoms with E-state index >= 15 is 0 Å². The minimum absolute atomic E-state index is 0.0367. The number of hydrogen-bond acceptors (Lipinski definition) is 5. The number of carbonyl (C=O) groups is 1. The molecule has 1 aromatic carbocycles. The Morgan fingerprint density at radius 3 is 2.62 bits per heavy atom. The molecule has 2 saturated heterocycles. The van der Waals surface area contributed by atoms with E-state index in [9.17, 15) is 4.79 Å². The highest BCUT2D eigenvalue weighted by Crippen LogP contribution is 2.27. The van der Waals surface area contributed by atoms with Crippen LogP contribution in [0.25, 0.3) is 0 Å². The minimum atomic E-state index is 0.0367. The van der Waals surface area contributed by atoms with Crippen molar-refractivity contribution in [2.45, 2.75) is 18.9 Å². The Hall–Kier alpha value is -1.99. The molecule has 2 N–H and O–H groups in total. The molecule has 3 rings (SSSR count). The number of rotatable bonds is 6. The van der Waals surface area contributed by atoms with Crippen LogP contribution in [0, 0.1) is 0 Å². The van der Waals surface area contributed by atoms with Crippen molar-refractivity contribution in [3.8, 4) is 11.5 Å². The number of urea groups is 1. The summed E-state index contributed by atoms with van der Waals surface area (Å²) >= 11 is 0. The lowest BCUT2D eigenvalue weighted by molar-refractivity contribution is 0.114. The van der Waals surface area contributed by atoms with Gasteiger partial charge in [-0.2, -0.15) is 0 Å². The van der Waals surface area contributed by atoms with E-state index in [1.807, 2.05) is 23.1 Å². The van der Waals surface area contributed by atoms with Crippen molar-refractivity contribution in [2.75, 3.05) is 60.0 Å². The van der Waals surface area contributed by atoms with E-state index in [2.05, 4.69) is 15.5 Å². The smallest absolute Gasteiger partial charge is 0.317 e. The monoisotopic (exact) mass is 362 g/mol. The number of ether oxygens (including phenoxy) is 2. The van der Waals surface area contributed by atoms with E-state index in [0.717, 1.165) is 57.0 Å². The Labute approximate surface area is 155 Å². The van der Waals surface area contributed by atoms with Crippen LogP contribution in [0.4, 0.5) is 4.79 Å². The maximum atomic E-state index is 12.4. The third-order valence-electron chi connectivity index (χ3n) is 5.29. The third kappa shape index (κ3) is 4.59. The van der Waals surface area contributed by atoms with Crippen molar-refractivity contribution in [1.82, 2.24) is 20.4 Å². The van der Waals surface area contributed by atoms with Crippen molar-refractivity contribution in [1.29, 1.82) is 0 Å². The normalized spacial score (nSPS) is 20.8. The van der Waals surface area contributed by atoms with Gasteiger partial charge in [0.1, 0.15) is 0 Å². The molecular formula is C19H30N4O3. The highest BCUT2D eigenvalue weighted by atomic mass is 16.5. The van der Waals surface area contributed by atoms with Gasteiger partial charge >= 0.3 is 6.03 Å². The molecule has 0 aliphatic carbocycles. The first-order valence-corrected chi connectivity index (χ1v) is 9.39. The lowest BCUT2D eigenvalue weighted by Gasteiger charge is -2.37. The zero-order valence-electron chi connectivity index (χ0n) is 15.8. The molecule has 0 radical (unpaired) electrons. The van der Waals surface area contributed by atoms with Crippen molar-refractivity contribution in [3.63, 3.8) is 0 Å². The molecule has 1 atom stereocenters. The van der Waals surface area contributed by atoms with Crippen molar-refractivity contribution < 1.29 is 14.3 Å². The SMILES string of the molecule is COc1ccc(CCNC(=O)N2CCN(C3CCNC3)CC2)cc1OC. The molecule has 0 saturated carbocycles. The van der Waals surface area contributed by atoms with Crippen LogP contribution in [0.3, 0.4) is 0 Å². The van der Waals surface area contributed by atoms with Gasteiger partial charge in [0.05, 0.1) is 14.2 Å². The van der Waals surface area contributed by atoms with Gasteiger partial charge < -0.3 is 25.0 Å². The molecule has 26 heavy (non-hydrogen) atoms. The summed E-state index contributed by atoms with van der Waals surface area (Å²) in [5, 5.41) is 6.45. The first-order chi connectivity index (χ1) is 12.7. The van der Waals surface area contributed by atoms with Crippen LogP contribution in [0.1, 0.15) is 12.0 Å². The topological polar surface area (TPSA) is 66.1 Å². The fourth-order valence-electron chi connectivity index (χ4n) is 3.70. The molecule has 7 heteroatoms. The second-order valence-corrected chi connectivity index (χ2v) is 6.84. The minimum Gasteiger partial charge on any atom is -0.493 e. The predicted octanol–water partition coefficient (Wildman–Crippen LogP) is 0.935. The van der Waals surface area contributed by atoms with Gasteiger partial charge in [-0.1, -0.05) is 6.07 Å². The summed E-state index contributed by atoms with van der Waals surface area (Å²) in [6.07, 6.45) is 1.98. The van der Waals surface area contributed by atoms with Crippen LogP contribution >= 0.6 is 0 Å². The Bertz CT molecular complexity index is 596. The van der Waals surface area contributed by atoms with Crippen LogP contribution in [-0.2, 0) is 6.42 Å². The van der Waals surface area contributed by atoms with Gasteiger partial charge in [0, 0.05) is 45.3 Å². The highest BCUT2D eigenvalue weighted by Gasteiger charge is 2.27. The molecule has 2 aliphatic heterocycles. The summed E-state index contributed by atoms with van der Waals surface area (Å²) in [5.74, 6) is 1.43. The third-order valence-corrected chi connectivity index (χ3v) is 5.29. The van der Waals surface area contributed by atoms with Gasteiger partial charge in [-0.05, 0) is 37.1 Å². The summed E-state index contributed by atoms with van der Waals surface area (Å²) in [4.78, 5) is 16.8. The number of carbonyl (C=O) groups excluding carboxylic acids is 1. The Morgan fingerprint density at radius 2 is 1.96 bits per heavy atom.